The van der Waals surface area contributed by atoms with Gasteiger partial charge < -0.3 is 10.6 Å². The third-order valence-corrected chi connectivity index (χ3v) is 4.08. The van der Waals surface area contributed by atoms with E-state index >= 15 is 0 Å². The number of benzene rings is 1. The quantitative estimate of drug-likeness (QED) is 0.407. The van der Waals surface area contributed by atoms with Gasteiger partial charge in [-0.25, -0.2) is 13.1 Å². The van der Waals surface area contributed by atoms with Gasteiger partial charge in [0.1, 0.15) is 0 Å². The predicted octanol–water partition coefficient (Wildman–Crippen LogP) is 1.77. The molecule has 0 aliphatic carbocycles. The monoisotopic (exact) mass is 366 g/mol. The van der Waals surface area contributed by atoms with E-state index < -0.39 is 10.0 Å². The fourth-order valence-electron chi connectivity index (χ4n) is 1.75. The largest absolute Gasteiger partial charge is 0.355 e. The van der Waals surface area contributed by atoms with Crippen LogP contribution in [-0.2, 0) is 10.0 Å². The number of guanidine groups is 1. The molecule has 0 aromatic heterocycles. The highest BCUT2D eigenvalue weighted by molar-refractivity contribution is 7.88. The van der Waals surface area contributed by atoms with Crippen LogP contribution in [0.1, 0.15) is 18.5 Å². The fraction of sp³-hybridized carbons (Fsp3) is 0.462. The Morgan fingerprint density at radius 3 is 2.55 bits per heavy atom. The van der Waals surface area contributed by atoms with Crippen molar-refractivity contribution >= 4 is 39.2 Å². The molecule has 0 amide bonds. The van der Waals surface area contributed by atoms with Crippen molar-refractivity contribution < 1.29 is 8.42 Å². The highest BCUT2D eigenvalue weighted by Crippen LogP contribution is 2.25. The number of nitrogens with one attached hydrogen (secondary N) is 3. The molecule has 0 saturated heterocycles. The number of rotatable bonds is 6. The smallest absolute Gasteiger partial charge is 0.208 e. The zero-order valence-corrected chi connectivity index (χ0v) is 15.0. The molecule has 0 fully saturated rings. The molecule has 0 spiro atoms. The molecular weight excluding hydrogens is 347 g/mol. The molecule has 0 aliphatic heterocycles. The van der Waals surface area contributed by atoms with E-state index in [1.165, 1.54) is 0 Å². The molecular formula is C13H20Cl2N4O2S. The summed E-state index contributed by atoms with van der Waals surface area (Å²) in [6, 6.07) is 5.22. The van der Waals surface area contributed by atoms with Crippen LogP contribution in [-0.4, -0.2) is 40.8 Å². The maximum Gasteiger partial charge on any atom is 0.208 e. The second-order valence-electron chi connectivity index (χ2n) is 4.70. The Morgan fingerprint density at radius 2 is 2.00 bits per heavy atom. The van der Waals surface area contributed by atoms with Crippen LogP contribution in [0.15, 0.2) is 23.2 Å². The van der Waals surface area contributed by atoms with Crippen molar-refractivity contribution in [3.8, 4) is 0 Å². The van der Waals surface area contributed by atoms with E-state index in [0.29, 0.717) is 22.5 Å². The molecule has 9 heteroatoms. The first-order valence-corrected chi connectivity index (χ1v) is 9.24. The Kier molecular flexibility index (Phi) is 7.41. The second-order valence-corrected chi connectivity index (χ2v) is 7.37. The standard InChI is InChI=1S/C13H20Cl2N4O2S/c1-9(11-5-4-10(14)8-12(11)15)19-13(16-2)17-6-7-18-22(3,20)21/h4-5,8-9,18H,6-7H2,1-3H3,(H2,16,17,19). The topological polar surface area (TPSA) is 82.6 Å². The average Bonchev–Trinajstić information content (AvgIpc) is 2.40. The summed E-state index contributed by atoms with van der Waals surface area (Å²) in [4.78, 5) is 4.08. The Balaban J connectivity index is 2.55. The van der Waals surface area contributed by atoms with Crippen molar-refractivity contribution in [2.45, 2.75) is 13.0 Å². The van der Waals surface area contributed by atoms with Crippen LogP contribution in [0, 0.1) is 0 Å². The van der Waals surface area contributed by atoms with Gasteiger partial charge in [-0.05, 0) is 24.6 Å². The minimum atomic E-state index is -3.18. The lowest BCUT2D eigenvalue weighted by atomic mass is 10.1. The molecule has 0 saturated carbocycles. The third-order valence-electron chi connectivity index (χ3n) is 2.79. The van der Waals surface area contributed by atoms with Crippen molar-refractivity contribution in [2.75, 3.05) is 26.4 Å². The molecule has 1 rings (SSSR count). The summed E-state index contributed by atoms with van der Waals surface area (Å²) in [5, 5.41) is 7.34. The molecule has 0 radical (unpaired) electrons. The number of halogens is 2. The van der Waals surface area contributed by atoms with Gasteiger partial charge in [0, 0.05) is 30.2 Å². The van der Waals surface area contributed by atoms with E-state index in [1.807, 2.05) is 13.0 Å². The van der Waals surface area contributed by atoms with Crippen LogP contribution >= 0.6 is 23.2 Å². The van der Waals surface area contributed by atoms with Crippen LogP contribution < -0.4 is 15.4 Å². The Morgan fingerprint density at radius 1 is 1.32 bits per heavy atom. The SMILES string of the molecule is CN=C(NCCNS(C)(=O)=O)NC(C)c1ccc(Cl)cc1Cl. The maximum absolute atomic E-state index is 11.0. The third kappa shape index (κ3) is 6.83. The Bertz CT molecular complexity index is 635. The molecule has 1 unspecified atom stereocenters. The summed E-state index contributed by atoms with van der Waals surface area (Å²) < 4.78 is 24.3. The number of hydrogen-bond acceptors (Lipinski definition) is 3. The van der Waals surface area contributed by atoms with Crippen molar-refractivity contribution in [1.82, 2.24) is 15.4 Å². The number of nitrogens with zero attached hydrogens (tertiary/aromatic N) is 1. The number of aliphatic imine (C=N–C) groups is 1. The molecule has 1 aromatic carbocycles. The fourth-order valence-corrected chi connectivity index (χ4v) is 2.79. The molecule has 22 heavy (non-hydrogen) atoms. The summed E-state index contributed by atoms with van der Waals surface area (Å²) in [7, 11) is -1.55. The van der Waals surface area contributed by atoms with Crippen molar-refractivity contribution in [1.29, 1.82) is 0 Å². The zero-order chi connectivity index (χ0) is 16.8. The lowest BCUT2D eigenvalue weighted by Crippen LogP contribution is -2.42. The van der Waals surface area contributed by atoms with E-state index in [9.17, 15) is 8.42 Å². The van der Waals surface area contributed by atoms with Gasteiger partial charge in [-0.1, -0.05) is 29.3 Å². The molecule has 0 heterocycles. The van der Waals surface area contributed by atoms with Gasteiger partial charge in [0.05, 0.1) is 12.3 Å². The first-order valence-electron chi connectivity index (χ1n) is 6.59. The van der Waals surface area contributed by atoms with Gasteiger partial charge >= 0.3 is 0 Å². The van der Waals surface area contributed by atoms with Crippen LogP contribution in [0.3, 0.4) is 0 Å². The van der Waals surface area contributed by atoms with Gasteiger partial charge in [-0.3, -0.25) is 4.99 Å². The van der Waals surface area contributed by atoms with Crippen LogP contribution in [0.4, 0.5) is 0 Å². The summed E-state index contributed by atoms with van der Waals surface area (Å²) in [5.74, 6) is 0.550. The normalized spacial score (nSPS) is 13.8. The van der Waals surface area contributed by atoms with Gasteiger partial charge in [0.15, 0.2) is 5.96 Å². The Labute approximate surface area is 141 Å². The molecule has 0 aliphatic rings. The van der Waals surface area contributed by atoms with Crippen molar-refractivity contribution in [2.24, 2.45) is 4.99 Å². The average molecular weight is 367 g/mol. The van der Waals surface area contributed by atoms with E-state index in [1.54, 1.807) is 19.2 Å². The van der Waals surface area contributed by atoms with Crippen LogP contribution in [0.25, 0.3) is 0 Å². The maximum atomic E-state index is 11.0. The van der Waals surface area contributed by atoms with E-state index in [-0.39, 0.29) is 12.6 Å². The zero-order valence-electron chi connectivity index (χ0n) is 12.7. The van der Waals surface area contributed by atoms with Gasteiger partial charge in [0.25, 0.3) is 0 Å². The van der Waals surface area contributed by atoms with E-state index in [0.717, 1.165) is 11.8 Å². The number of hydrogen-bond donors (Lipinski definition) is 3. The summed E-state index contributed by atoms with van der Waals surface area (Å²) >= 11 is 12.0. The highest BCUT2D eigenvalue weighted by Gasteiger charge is 2.11. The molecule has 6 nitrogen and oxygen atoms in total. The van der Waals surface area contributed by atoms with Gasteiger partial charge in [0.2, 0.25) is 10.0 Å². The van der Waals surface area contributed by atoms with E-state index in [4.69, 9.17) is 23.2 Å². The summed E-state index contributed by atoms with van der Waals surface area (Å²) in [6.45, 7) is 2.63. The second kappa shape index (κ2) is 8.57. The molecule has 0 bridgehead atoms. The summed E-state index contributed by atoms with van der Waals surface area (Å²) in [5.41, 5.74) is 0.892. The lowest BCUT2D eigenvalue weighted by molar-refractivity contribution is 0.586. The Hall–Kier alpha value is -1.02. The first-order chi connectivity index (χ1) is 10.2. The first kappa shape index (κ1) is 19.0. The van der Waals surface area contributed by atoms with Crippen LogP contribution in [0.2, 0.25) is 10.0 Å². The molecule has 1 aromatic rings. The van der Waals surface area contributed by atoms with Crippen molar-refractivity contribution in [3.05, 3.63) is 33.8 Å². The van der Waals surface area contributed by atoms with E-state index in [2.05, 4.69) is 20.3 Å². The minimum absolute atomic E-state index is 0.0844. The summed E-state index contributed by atoms with van der Waals surface area (Å²) in [6.07, 6.45) is 1.12. The van der Waals surface area contributed by atoms with Gasteiger partial charge in [-0.15, -0.1) is 0 Å². The molecule has 124 valence electrons. The lowest BCUT2D eigenvalue weighted by Gasteiger charge is -2.19. The predicted molar refractivity (Wildman–Crippen MR) is 92.2 cm³/mol. The highest BCUT2D eigenvalue weighted by atomic mass is 35.5. The van der Waals surface area contributed by atoms with Crippen molar-refractivity contribution in [3.63, 3.8) is 0 Å². The molecule has 3 N–H and O–H groups in total. The van der Waals surface area contributed by atoms with Crippen LogP contribution in [0.5, 0.6) is 0 Å². The number of sulfonamides is 1. The minimum Gasteiger partial charge on any atom is -0.355 e. The molecule has 1 atom stereocenters. The van der Waals surface area contributed by atoms with Gasteiger partial charge in [-0.2, -0.15) is 0 Å².